The summed E-state index contributed by atoms with van der Waals surface area (Å²) >= 11 is 1.64. The lowest BCUT2D eigenvalue weighted by Crippen LogP contribution is -2.48. The van der Waals surface area contributed by atoms with Crippen molar-refractivity contribution in [3.05, 3.63) is 22.4 Å². The molecule has 0 aromatic carbocycles. The maximum atomic E-state index is 12.6. The van der Waals surface area contributed by atoms with Gasteiger partial charge in [0.2, 0.25) is 11.8 Å². The molecule has 1 aliphatic rings. The van der Waals surface area contributed by atoms with Gasteiger partial charge in [-0.25, -0.2) is 0 Å². The fourth-order valence-electron chi connectivity index (χ4n) is 2.32. The van der Waals surface area contributed by atoms with Gasteiger partial charge in [-0.3, -0.25) is 9.59 Å². The molecule has 0 saturated carbocycles. The van der Waals surface area contributed by atoms with Crippen molar-refractivity contribution in [1.82, 2.24) is 10.2 Å². The number of amides is 2. The van der Waals surface area contributed by atoms with Crippen LogP contribution in [0.25, 0.3) is 0 Å². The lowest BCUT2D eigenvalue weighted by molar-refractivity contribution is -0.136. The van der Waals surface area contributed by atoms with Gasteiger partial charge in [0.1, 0.15) is 6.04 Å². The molecule has 1 fully saturated rings. The number of nitrogens with one attached hydrogen (secondary N) is 1. The van der Waals surface area contributed by atoms with E-state index in [1.807, 2.05) is 43.2 Å². The topological polar surface area (TPSA) is 49.4 Å². The first-order chi connectivity index (χ1) is 8.99. The van der Waals surface area contributed by atoms with Crippen LogP contribution in [0.15, 0.2) is 17.5 Å². The first-order valence-electron chi connectivity index (χ1n) is 6.61. The van der Waals surface area contributed by atoms with Crippen LogP contribution >= 0.6 is 11.3 Å². The van der Waals surface area contributed by atoms with Crippen LogP contribution in [0.4, 0.5) is 0 Å². The van der Waals surface area contributed by atoms with Crippen LogP contribution < -0.4 is 5.32 Å². The van der Waals surface area contributed by atoms with Crippen molar-refractivity contribution in [3.63, 3.8) is 0 Å². The van der Waals surface area contributed by atoms with Gasteiger partial charge in [0, 0.05) is 17.3 Å². The highest BCUT2D eigenvalue weighted by Crippen LogP contribution is 2.20. The van der Waals surface area contributed by atoms with Crippen molar-refractivity contribution in [3.8, 4) is 0 Å². The van der Waals surface area contributed by atoms with E-state index < -0.39 is 6.04 Å². The molecule has 1 saturated heterocycles. The van der Waals surface area contributed by atoms with Crippen molar-refractivity contribution < 1.29 is 9.59 Å². The molecule has 19 heavy (non-hydrogen) atoms. The predicted molar refractivity (Wildman–Crippen MR) is 75.7 cm³/mol. The van der Waals surface area contributed by atoms with Gasteiger partial charge in [0.25, 0.3) is 0 Å². The van der Waals surface area contributed by atoms with Gasteiger partial charge in [0.15, 0.2) is 0 Å². The van der Waals surface area contributed by atoms with Crippen molar-refractivity contribution in [2.24, 2.45) is 5.92 Å². The Labute approximate surface area is 117 Å². The van der Waals surface area contributed by atoms with Crippen LogP contribution in [0, 0.1) is 5.92 Å². The molecule has 2 rings (SSSR count). The maximum absolute atomic E-state index is 12.6. The highest BCUT2D eigenvalue weighted by molar-refractivity contribution is 7.09. The molecule has 0 radical (unpaired) electrons. The number of rotatable bonds is 3. The van der Waals surface area contributed by atoms with Crippen molar-refractivity contribution in [1.29, 1.82) is 0 Å². The number of nitrogens with zero attached hydrogens (tertiary/aromatic N) is 1. The third-order valence-corrected chi connectivity index (χ3v) is 4.31. The lowest BCUT2D eigenvalue weighted by Gasteiger charge is -2.29. The van der Waals surface area contributed by atoms with Gasteiger partial charge in [-0.1, -0.05) is 19.9 Å². The first-order valence-corrected chi connectivity index (χ1v) is 7.49. The monoisotopic (exact) mass is 280 g/mol. The molecule has 2 atom stereocenters. The Morgan fingerprint density at radius 1 is 1.47 bits per heavy atom. The van der Waals surface area contributed by atoms with Gasteiger partial charge >= 0.3 is 0 Å². The number of hydrogen-bond acceptors (Lipinski definition) is 3. The number of carbonyl (C=O) groups excluding carboxylic acids is 2. The summed E-state index contributed by atoms with van der Waals surface area (Å²) in [5, 5.41) is 4.85. The van der Waals surface area contributed by atoms with Crippen LogP contribution in [0.5, 0.6) is 0 Å². The summed E-state index contributed by atoms with van der Waals surface area (Å²) in [7, 11) is 0. The Hall–Kier alpha value is -1.36. The highest BCUT2D eigenvalue weighted by Gasteiger charge is 2.35. The summed E-state index contributed by atoms with van der Waals surface area (Å²) in [6, 6.07) is 3.54. The van der Waals surface area contributed by atoms with E-state index in [0.717, 1.165) is 4.88 Å². The Morgan fingerprint density at radius 3 is 2.79 bits per heavy atom. The lowest BCUT2D eigenvalue weighted by atomic mass is 10.0. The van der Waals surface area contributed by atoms with Crippen molar-refractivity contribution >= 4 is 23.2 Å². The predicted octanol–water partition coefficient (Wildman–Crippen LogP) is 2.01. The molecule has 2 unspecified atom stereocenters. The smallest absolute Gasteiger partial charge is 0.245 e. The summed E-state index contributed by atoms with van der Waals surface area (Å²) in [6.07, 6.45) is 0.375. The van der Waals surface area contributed by atoms with E-state index in [-0.39, 0.29) is 23.8 Å². The molecule has 104 valence electrons. The van der Waals surface area contributed by atoms with Crippen LogP contribution in [0.2, 0.25) is 0 Å². The Kier molecular flexibility index (Phi) is 4.24. The minimum absolute atomic E-state index is 0.0294. The molecule has 1 aromatic rings. The van der Waals surface area contributed by atoms with E-state index in [2.05, 4.69) is 5.32 Å². The molecule has 2 amide bonds. The van der Waals surface area contributed by atoms with Gasteiger partial charge in [-0.15, -0.1) is 11.3 Å². The molecule has 1 aromatic heterocycles. The first kappa shape index (κ1) is 14.1. The summed E-state index contributed by atoms with van der Waals surface area (Å²) in [5.41, 5.74) is 0. The second-order valence-corrected chi connectivity index (χ2v) is 6.42. The number of carbonyl (C=O) groups is 2. The van der Waals surface area contributed by atoms with Gasteiger partial charge in [0.05, 0.1) is 6.54 Å². The molecule has 2 heterocycles. The minimum atomic E-state index is -0.405. The van der Waals surface area contributed by atoms with E-state index >= 15 is 0 Å². The fourth-order valence-corrected chi connectivity index (χ4v) is 3.03. The van der Waals surface area contributed by atoms with E-state index in [0.29, 0.717) is 13.0 Å². The van der Waals surface area contributed by atoms with E-state index in [1.165, 1.54) is 0 Å². The molecule has 0 spiro atoms. The van der Waals surface area contributed by atoms with Gasteiger partial charge < -0.3 is 10.2 Å². The highest BCUT2D eigenvalue weighted by atomic mass is 32.1. The van der Waals surface area contributed by atoms with Crippen molar-refractivity contribution in [2.75, 3.05) is 0 Å². The average molecular weight is 280 g/mol. The third kappa shape index (κ3) is 3.15. The maximum Gasteiger partial charge on any atom is 0.245 e. The van der Waals surface area contributed by atoms with Crippen LogP contribution in [-0.2, 0) is 16.1 Å². The fraction of sp³-hybridized carbons (Fsp3) is 0.571. The quantitative estimate of drug-likeness (QED) is 0.920. The molecule has 0 aliphatic carbocycles. The van der Waals surface area contributed by atoms with Crippen LogP contribution in [0.1, 0.15) is 32.1 Å². The van der Waals surface area contributed by atoms with Crippen molar-refractivity contribution in [2.45, 2.75) is 45.8 Å². The number of hydrogen-bond donors (Lipinski definition) is 1. The third-order valence-electron chi connectivity index (χ3n) is 3.45. The molecule has 4 nitrogen and oxygen atoms in total. The normalized spacial score (nSPS) is 24.5. The van der Waals surface area contributed by atoms with E-state index in [4.69, 9.17) is 0 Å². The molecule has 5 heteroatoms. The van der Waals surface area contributed by atoms with E-state index in [1.54, 1.807) is 11.3 Å². The zero-order chi connectivity index (χ0) is 14.0. The molecule has 1 N–H and O–H groups in total. The van der Waals surface area contributed by atoms with E-state index in [9.17, 15) is 9.59 Å². The second kappa shape index (κ2) is 5.74. The summed E-state index contributed by atoms with van der Waals surface area (Å²) in [6.45, 7) is 6.45. The molecular formula is C14H20N2O2S. The molecular weight excluding hydrogens is 260 g/mol. The summed E-state index contributed by atoms with van der Waals surface area (Å²) < 4.78 is 0. The zero-order valence-electron chi connectivity index (χ0n) is 11.6. The largest absolute Gasteiger partial charge is 0.344 e. The molecule has 0 bridgehead atoms. The molecule has 1 aliphatic heterocycles. The number of thiophene rings is 1. The Morgan fingerprint density at radius 2 is 2.21 bits per heavy atom. The van der Waals surface area contributed by atoms with Crippen LogP contribution in [0.3, 0.4) is 0 Å². The summed E-state index contributed by atoms with van der Waals surface area (Å²) in [5.74, 6) is 0.0996. The second-order valence-electron chi connectivity index (χ2n) is 5.39. The average Bonchev–Trinajstić information content (AvgIpc) is 2.80. The summed E-state index contributed by atoms with van der Waals surface area (Å²) in [4.78, 5) is 27.4. The minimum Gasteiger partial charge on any atom is -0.344 e. The van der Waals surface area contributed by atoms with Gasteiger partial charge in [-0.2, -0.15) is 0 Å². The zero-order valence-corrected chi connectivity index (χ0v) is 12.4. The Balaban J connectivity index is 2.22. The van der Waals surface area contributed by atoms with Gasteiger partial charge in [-0.05, 0) is 24.3 Å². The standard InChI is InChI=1S/C14H20N2O2S/c1-9(2)13-14(18)16(8-11-5-4-6-19-11)10(3)7-12(17)15-13/h4-6,9-10,13H,7-8H2,1-3H3,(H,15,17). The van der Waals surface area contributed by atoms with Crippen LogP contribution in [-0.4, -0.2) is 28.8 Å². The SMILES string of the molecule is CC(C)C1NC(=O)CC(C)N(Cc2cccs2)C1=O. The Bertz CT molecular complexity index is 456.